The minimum absolute atomic E-state index is 0.0158. The van der Waals surface area contributed by atoms with E-state index in [4.69, 9.17) is 4.74 Å². The van der Waals surface area contributed by atoms with Crippen molar-refractivity contribution in [3.05, 3.63) is 28.2 Å². The Bertz CT molecular complexity index is 441. The second-order valence-corrected chi connectivity index (χ2v) is 6.05. The van der Waals surface area contributed by atoms with Crippen LogP contribution in [0.5, 0.6) is 5.75 Å². The van der Waals surface area contributed by atoms with Gasteiger partial charge in [-0.3, -0.25) is 0 Å². The van der Waals surface area contributed by atoms with Gasteiger partial charge in [0.2, 0.25) is 0 Å². The van der Waals surface area contributed by atoms with Crippen molar-refractivity contribution in [2.45, 2.75) is 32.9 Å². The number of para-hydroxylation sites is 1. The highest BCUT2D eigenvalue weighted by Gasteiger charge is 2.14. The first-order chi connectivity index (χ1) is 8.83. The Balaban J connectivity index is 2.80. The quantitative estimate of drug-likeness (QED) is 0.844. The fourth-order valence-electron chi connectivity index (χ4n) is 1.40. The molecule has 1 N–H and O–H groups in total. The number of rotatable bonds is 5. The summed E-state index contributed by atoms with van der Waals surface area (Å²) in [4.78, 5) is 11.1. The fraction of sp³-hybridized carbons (Fsp3) is 0.500. The van der Waals surface area contributed by atoms with E-state index >= 15 is 0 Å². The van der Waals surface area contributed by atoms with Gasteiger partial charge in [0, 0.05) is 17.6 Å². The topological polar surface area (TPSA) is 47.6 Å². The molecule has 0 bridgehead atoms. The van der Waals surface area contributed by atoms with Crippen molar-refractivity contribution in [2.24, 2.45) is 0 Å². The zero-order chi connectivity index (χ0) is 14.5. The predicted molar refractivity (Wildman–Crippen MR) is 78.2 cm³/mol. The van der Waals surface area contributed by atoms with Crippen molar-refractivity contribution in [1.29, 1.82) is 0 Å². The molecule has 1 aromatic rings. The van der Waals surface area contributed by atoms with E-state index in [1.54, 1.807) is 0 Å². The highest BCUT2D eigenvalue weighted by Crippen LogP contribution is 2.29. The number of carbonyl (C=O) groups excluding carboxylic acids is 1. The number of ether oxygens (including phenoxy) is 2. The SMILES string of the molecule is COC(=O)COc1c(Br)cccc1CNC(C)(C)C. The molecular formula is C14H20BrNO3. The van der Waals surface area contributed by atoms with Crippen LogP contribution < -0.4 is 10.1 Å². The molecule has 0 aliphatic carbocycles. The van der Waals surface area contributed by atoms with Gasteiger partial charge in [0.1, 0.15) is 5.75 Å². The summed E-state index contributed by atoms with van der Waals surface area (Å²) in [6.45, 7) is 6.86. The molecule has 0 aliphatic rings. The van der Waals surface area contributed by atoms with Gasteiger partial charge in [-0.15, -0.1) is 0 Å². The summed E-state index contributed by atoms with van der Waals surface area (Å²) in [5.41, 5.74) is 1.01. The third kappa shape index (κ3) is 5.61. The molecule has 1 aromatic carbocycles. The molecule has 19 heavy (non-hydrogen) atoms. The summed E-state index contributed by atoms with van der Waals surface area (Å²) in [6, 6.07) is 5.79. The first-order valence-corrected chi connectivity index (χ1v) is 6.85. The molecule has 0 saturated heterocycles. The number of methoxy groups -OCH3 is 1. The van der Waals surface area contributed by atoms with Gasteiger partial charge in [-0.1, -0.05) is 12.1 Å². The van der Waals surface area contributed by atoms with Gasteiger partial charge >= 0.3 is 5.97 Å². The van der Waals surface area contributed by atoms with Crippen LogP contribution in [0.2, 0.25) is 0 Å². The summed E-state index contributed by atoms with van der Waals surface area (Å²) in [5.74, 6) is 0.273. The molecule has 0 aliphatic heterocycles. The maximum atomic E-state index is 11.1. The van der Waals surface area contributed by atoms with Crippen LogP contribution in [-0.2, 0) is 16.1 Å². The maximum absolute atomic E-state index is 11.1. The van der Waals surface area contributed by atoms with Crippen LogP contribution in [0.15, 0.2) is 22.7 Å². The standard InChI is InChI=1S/C14H20BrNO3/c1-14(2,3)16-8-10-6-5-7-11(15)13(10)19-9-12(17)18-4/h5-7,16H,8-9H2,1-4H3. The summed E-state index contributed by atoms with van der Waals surface area (Å²) in [7, 11) is 1.34. The number of esters is 1. The highest BCUT2D eigenvalue weighted by molar-refractivity contribution is 9.10. The molecule has 0 radical (unpaired) electrons. The van der Waals surface area contributed by atoms with E-state index in [2.05, 4.69) is 46.8 Å². The lowest BCUT2D eigenvalue weighted by Crippen LogP contribution is -2.35. The number of halogens is 1. The zero-order valence-corrected chi connectivity index (χ0v) is 13.3. The molecule has 0 saturated carbocycles. The second kappa shape index (κ2) is 6.91. The summed E-state index contributed by atoms with van der Waals surface area (Å²) in [6.07, 6.45) is 0. The zero-order valence-electron chi connectivity index (χ0n) is 11.7. The van der Waals surface area contributed by atoms with Crippen molar-refractivity contribution in [3.8, 4) is 5.75 Å². The number of carbonyl (C=O) groups is 1. The molecule has 0 atom stereocenters. The Morgan fingerprint density at radius 3 is 2.63 bits per heavy atom. The van der Waals surface area contributed by atoms with Crippen LogP contribution in [0.3, 0.4) is 0 Å². The van der Waals surface area contributed by atoms with Crippen LogP contribution in [0.25, 0.3) is 0 Å². The van der Waals surface area contributed by atoms with E-state index in [0.717, 1.165) is 10.0 Å². The molecule has 4 nitrogen and oxygen atoms in total. The van der Waals surface area contributed by atoms with E-state index in [9.17, 15) is 4.79 Å². The third-order valence-corrected chi connectivity index (χ3v) is 3.04. The van der Waals surface area contributed by atoms with Gasteiger partial charge in [-0.2, -0.15) is 0 Å². The Kier molecular flexibility index (Phi) is 5.82. The molecule has 5 heteroatoms. The van der Waals surface area contributed by atoms with Crippen LogP contribution in [0.1, 0.15) is 26.3 Å². The summed E-state index contributed by atoms with van der Waals surface area (Å²) >= 11 is 3.43. The van der Waals surface area contributed by atoms with Gasteiger partial charge < -0.3 is 14.8 Å². The van der Waals surface area contributed by atoms with Crippen molar-refractivity contribution < 1.29 is 14.3 Å². The average molecular weight is 330 g/mol. The third-order valence-electron chi connectivity index (χ3n) is 2.42. The number of benzene rings is 1. The van der Waals surface area contributed by atoms with Gasteiger partial charge in [0.25, 0.3) is 0 Å². The van der Waals surface area contributed by atoms with Crippen molar-refractivity contribution >= 4 is 21.9 Å². The van der Waals surface area contributed by atoms with Crippen LogP contribution in [0.4, 0.5) is 0 Å². The lowest BCUT2D eigenvalue weighted by atomic mass is 10.1. The molecule has 0 aromatic heterocycles. The van der Waals surface area contributed by atoms with Gasteiger partial charge in [-0.25, -0.2) is 4.79 Å². The lowest BCUT2D eigenvalue weighted by Gasteiger charge is -2.22. The van der Waals surface area contributed by atoms with Crippen LogP contribution in [-0.4, -0.2) is 25.2 Å². The molecule has 0 amide bonds. The number of hydrogen-bond acceptors (Lipinski definition) is 4. The number of hydrogen-bond donors (Lipinski definition) is 1. The summed E-state index contributed by atoms with van der Waals surface area (Å²) in [5, 5.41) is 3.39. The van der Waals surface area contributed by atoms with E-state index in [0.29, 0.717) is 12.3 Å². The van der Waals surface area contributed by atoms with Crippen molar-refractivity contribution in [2.75, 3.05) is 13.7 Å². The second-order valence-electron chi connectivity index (χ2n) is 5.20. The summed E-state index contributed by atoms with van der Waals surface area (Å²) < 4.78 is 10.9. The molecule has 1 rings (SSSR count). The average Bonchev–Trinajstić information content (AvgIpc) is 2.33. The molecule has 106 valence electrons. The van der Waals surface area contributed by atoms with Crippen LogP contribution >= 0.6 is 15.9 Å². The first-order valence-electron chi connectivity index (χ1n) is 6.05. The Hall–Kier alpha value is -1.07. The fourth-order valence-corrected chi connectivity index (χ4v) is 1.93. The molecule has 0 heterocycles. The monoisotopic (exact) mass is 329 g/mol. The smallest absolute Gasteiger partial charge is 0.343 e. The van der Waals surface area contributed by atoms with Crippen molar-refractivity contribution in [3.63, 3.8) is 0 Å². The van der Waals surface area contributed by atoms with E-state index in [1.165, 1.54) is 7.11 Å². The highest BCUT2D eigenvalue weighted by atomic mass is 79.9. The predicted octanol–water partition coefficient (Wildman–Crippen LogP) is 2.89. The van der Waals surface area contributed by atoms with E-state index in [1.807, 2.05) is 18.2 Å². The first kappa shape index (κ1) is 16.0. The normalized spacial score (nSPS) is 11.2. The Morgan fingerprint density at radius 1 is 1.37 bits per heavy atom. The van der Waals surface area contributed by atoms with E-state index < -0.39 is 5.97 Å². The van der Waals surface area contributed by atoms with Crippen LogP contribution in [0, 0.1) is 0 Å². The molecule has 0 spiro atoms. The van der Waals surface area contributed by atoms with Gasteiger partial charge in [0.15, 0.2) is 6.61 Å². The molecular weight excluding hydrogens is 310 g/mol. The number of nitrogens with one attached hydrogen (secondary N) is 1. The lowest BCUT2D eigenvalue weighted by molar-refractivity contribution is -0.142. The van der Waals surface area contributed by atoms with Crippen molar-refractivity contribution in [1.82, 2.24) is 5.32 Å². The maximum Gasteiger partial charge on any atom is 0.343 e. The largest absolute Gasteiger partial charge is 0.480 e. The van der Waals surface area contributed by atoms with Gasteiger partial charge in [0.05, 0.1) is 11.6 Å². The Labute approximate surface area is 122 Å². The van der Waals surface area contributed by atoms with E-state index in [-0.39, 0.29) is 12.1 Å². The molecule has 0 fully saturated rings. The minimum Gasteiger partial charge on any atom is -0.480 e. The molecule has 0 unspecified atom stereocenters. The van der Waals surface area contributed by atoms with Gasteiger partial charge in [-0.05, 0) is 42.8 Å². The minimum atomic E-state index is -0.398. The Morgan fingerprint density at radius 2 is 2.05 bits per heavy atom.